The van der Waals surface area contributed by atoms with Crippen molar-refractivity contribution in [2.24, 2.45) is 0 Å². The van der Waals surface area contributed by atoms with Crippen molar-refractivity contribution in [1.82, 2.24) is 4.98 Å². The number of aliphatic hydroxyl groups excluding tert-OH is 1. The van der Waals surface area contributed by atoms with E-state index in [0.717, 1.165) is 15.4 Å². The lowest BCUT2D eigenvalue weighted by Crippen LogP contribution is -2.01. The molecule has 0 aliphatic heterocycles. The molecule has 0 saturated heterocycles. The Bertz CT molecular complexity index is 613. The van der Waals surface area contributed by atoms with Gasteiger partial charge in [0, 0.05) is 16.3 Å². The van der Waals surface area contributed by atoms with Gasteiger partial charge in [-0.15, -0.1) is 11.8 Å². The molecule has 18 heavy (non-hydrogen) atoms. The molecule has 0 saturated carbocycles. The van der Waals surface area contributed by atoms with Gasteiger partial charge < -0.3 is 5.11 Å². The van der Waals surface area contributed by atoms with E-state index in [-0.39, 0.29) is 0 Å². The minimum Gasteiger partial charge on any atom is -0.387 e. The summed E-state index contributed by atoms with van der Waals surface area (Å²) in [6, 6.07) is 9.87. The van der Waals surface area contributed by atoms with Crippen LogP contribution in [0.1, 0.15) is 31.6 Å². The Labute approximate surface area is 115 Å². The highest BCUT2D eigenvalue weighted by atomic mass is 79.9. The van der Waals surface area contributed by atoms with Crippen molar-refractivity contribution in [3.8, 4) is 11.8 Å². The number of nitrogens with zero attached hydrogens (tertiary/aromatic N) is 1. The van der Waals surface area contributed by atoms with Gasteiger partial charge in [-0.25, -0.2) is 4.98 Å². The molecule has 3 heteroatoms. The fourth-order valence-electron chi connectivity index (χ4n) is 1.81. The summed E-state index contributed by atoms with van der Waals surface area (Å²) in [5.41, 5.74) is 1.59. The molecule has 0 amide bonds. The minimum absolute atomic E-state index is 0.579. The van der Waals surface area contributed by atoms with E-state index in [2.05, 4.69) is 32.8 Å². The zero-order chi connectivity index (χ0) is 13.0. The molecule has 0 aliphatic rings. The average molecular weight is 304 g/mol. The predicted octanol–water partition coefficient (Wildman–Crippen LogP) is 3.83. The number of para-hydroxylation sites is 1. The standard InChI is InChI=1S/C15H14BrNO/c1-2-3-4-9-14(18)15-12(16)10-11-7-5-6-8-13(11)17-15/h5-8,10,14,18H,4,9H2,1H3. The third-order valence-electron chi connectivity index (χ3n) is 2.74. The maximum absolute atomic E-state index is 10.1. The second kappa shape index (κ2) is 5.99. The Kier molecular flexibility index (Phi) is 4.35. The van der Waals surface area contributed by atoms with Crippen LogP contribution in [0.3, 0.4) is 0 Å². The number of aromatic nitrogens is 1. The summed E-state index contributed by atoms with van der Waals surface area (Å²) < 4.78 is 0.846. The van der Waals surface area contributed by atoms with Crippen molar-refractivity contribution in [3.63, 3.8) is 0 Å². The van der Waals surface area contributed by atoms with E-state index in [1.165, 1.54) is 0 Å². The number of pyridine rings is 1. The zero-order valence-electron chi connectivity index (χ0n) is 10.2. The molecule has 1 unspecified atom stereocenters. The SMILES string of the molecule is CC#CCCC(O)c1nc2ccccc2cc1Br. The highest BCUT2D eigenvalue weighted by molar-refractivity contribution is 9.10. The number of benzene rings is 1. The number of rotatable bonds is 3. The fourth-order valence-corrected chi connectivity index (χ4v) is 2.41. The van der Waals surface area contributed by atoms with Gasteiger partial charge in [0.05, 0.1) is 17.3 Å². The second-order valence-corrected chi connectivity index (χ2v) is 4.88. The maximum atomic E-state index is 10.1. The number of aliphatic hydroxyl groups is 1. The van der Waals surface area contributed by atoms with Crippen LogP contribution in [0.5, 0.6) is 0 Å². The molecule has 1 aromatic heterocycles. The largest absolute Gasteiger partial charge is 0.387 e. The first-order valence-electron chi connectivity index (χ1n) is 5.85. The normalized spacial score (nSPS) is 11.9. The molecule has 1 heterocycles. The molecule has 0 spiro atoms. The number of halogens is 1. The van der Waals surface area contributed by atoms with Crippen LogP contribution in [0.2, 0.25) is 0 Å². The van der Waals surface area contributed by atoms with Gasteiger partial charge in [0.2, 0.25) is 0 Å². The Hall–Kier alpha value is -1.37. The average Bonchev–Trinajstić information content (AvgIpc) is 2.38. The Morgan fingerprint density at radius 1 is 1.39 bits per heavy atom. The topological polar surface area (TPSA) is 33.1 Å². The van der Waals surface area contributed by atoms with Gasteiger partial charge in [-0.05, 0) is 41.4 Å². The molecule has 92 valence electrons. The van der Waals surface area contributed by atoms with E-state index < -0.39 is 6.10 Å². The van der Waals surface area contributed by atoms with Gasteiger partial charge in [0.25, 0.3) is 0 Å². The van der Waals surface area contributed by atoms with Gasteiger partial charge in [-0.3, -0.25) is 0 Å². The molecule has 1 aromatic carbocycles. The molecular weight excluding hydrogens is 290 g/mol. The van der Waals surface area contributed by atoms with E-state index in [0.29, 0.717) is 18.5 Å². The van der Waals surface area contributed by atoms with Crippen molar-refractivity contribution in [2.45, 2.75) is 25.9 Å². The van der Waals surface area contributed by atoms with Crippen molar-refractivity contribution in [3.05, 3.63) is 40.5 Å². The summed E-state index contributed by atoms with van der Waals surface area (Å²) in [4.78, 5) is 4.51. The summed E-state index contributed by atoms with van der Waals surface area (Å²) in [6.45, 7) is 1.80. The van der Waals surface area contributed by atoms with Crippen LogP contribution in [0, 0.1) is 11.8 Å². The zero-order valence-corrected chi connectivity index (χ0v) is 11.7. The van der Waals surface area contributed by atoms with E-state index in [9.17, 15) is 5.11 Å². The quantitative estimate of drug-likeness (QED) is 0.874. The molecule has 0 bridgehead atoms. The third-order valence-corrected chi connectivity index (χ3v) is 3.37. The lowest BCUT2D eigenvalue weighted by molar-refractivity contribution is 0.164. The van der Waals surface area contributed by atoms with Gasteiger partial charge in [0.1, 0.15) is 0 Å². The Morgan fingerprint density at radius 3 is 2.94 bits per heavy atom. The van der Waals surface area contributed by atoms with Gasteiger partial charge in [-0.2, -0.15) is 0 Å². The summed E-state index contributed by atoms with van der Waals surface area (Å²) >= 11 is 3.47. The highest BCUT2D eigenvalue weighted by Crippen LogP contribution is 2.28. The van der Waals surface area contributed by atoms with E-state index in [1.807, 2.05) is 30.3 Å². The first-order chi connectivity index (χ1) is 8.72. The smallest absolute Gasteiger partial charge is 0.0980 e. The van der Waals surface area contributed by atoms with Crippen molar-refractivity contribution >= 4 is 26.8 Å². The van der Waals surface area contributed by atoms with E-state index in [4.69, 9.17) is 0 Å². The summed E-state index contributed by atoms with van der Waals surface area (Å²) in [5.74, 6) is 5.78. The maximum Gasteiger partial charge on any atom is 0.0980 e. The van der Waals surface area contributed by atoms with Crippen LogP contribution in [-0.4, -0.2) is 10.1 Å². The molecule has 0 aliphatic carbocycles. The molecule has 0 fully saturated rings. The lowest BCUT2D eigenvalue weighted by Gasteiger charge is -2.11. The van der Waals surface area contributed by atoms with Gasteiger partial charge >= 0.3 is 0 Å². The van der Waals surface area contributed by atoms with Crippen molar-refractivity contribution in [1.29, 1.82) is 0 Å². The van der Waals surface area contributed by atoms with E-state index >= 15 is 0 Å². The molecule has 1 N–H and O–H groups in total. The molecular formula is C15H14BrNO. The Balaban J connectivity index is 2.31. The molecule has 0 radical (unpaired) electrons. The molecule has 2 rings (SSSR count). The Morgan fingerprint density at radius 2 is 2.17 bits per heavy atom. The second-order valence-electron chi connectivity index (χ2n) is 4.03. The van der Waals surface area contributed by atoms with Crippen LogP contribution in [-0.2, 0) is 0 Å². The highest BCUT2D eigenvalue weighted by Gasteiger charge is 2.13. The van der Waals surface area contributed by atoms with Crippen molar-refractivity contribution < 1.29 is 5.11 Å². The van der Waals surface area contributed by atoms with E-state index in [1.54, 1.807) is 6.92 Å². The van der Waals surface area contributed by atoms with Gasteiger partial charge in [-0.1, -0.05) is 18.2 Å². The van der Waals surface area contributed by atoms with Crippen LogP contribution >= 0.6 is 15.9 Å². The van der Waals surface area contributed by atoms with Crippen LogP contribution < -0.4 is 0 Å². The minimum atomic E-state index is -0.579. The van der Waals surface area contributed by atoms with Crippen LogP contribution in [0.15, 0.2) is 34.8 Å². The molecule has 2 nitrogen and oxygen atoms in total. The number of fused-ring (bicyclic) bond motifs is 1. The van der Waals surface area contributed by atoms with Crippen LogP contribution in [0.4, 0.5) is 0 Å². The number of hydrogen-bond acceptors (Lipinski definition) is 2. The fraction of sp³-hybridized carbons (Fsp3) is 0.267. The third kappa shape index (κ3) is 2.90. The predicted molar refractivity (Wildman–Crippen MR) is 77.1 cm³/mol. The summed E-state index contributed by atoms with van der Waals surface area (Å²) in [6.07, 6.45) is 0.702. The molecule has 2 aromatic rings. The number of hydrogen-bond donors (Lipinski definition) is 1. The molecule has 1 atom stereocenters. The van der Waals surface area contributed by atoms with Gasteiger partial charge in [0.15, 0.2) is 0 Å². The summed E-state index contributed by atoms with van der Waals surface area (Å²) in [5, 5.41) is 11.2. The summed E-state index contributed by atoms with van der Waals surface area (Å²) in [7, 11) is 0. The van der Waals surface area contributed by atoms with Crippen LogP contribution in [0.25, 0.3) is 10.9 Å². The first kappa shape index (κ1) is 13.1. The first-order valence-corrected chi connectivity index (χ1v) is 6.64. The monoisotopic (exact) mass is 303 g/mol. The lowest BCUT2D eigenvalue weighted by atomic mass is 10.1. The van der Waals surface area contributed by atoms with Crippen molar-refractivity contribution in [2.75, 3.05) is 0 Å².